The van der Waals surface area contributed by atoms with E-state index >= 15 is 0 Å². The van der Waals surface area contributed by atoms with Gasteiger partial charge < -0.3 is 10.2 Å². The van der Waals surface area contributed by atoms with E-state index in [1.807, 2.05) is 0 Å². The smallest absolute Gasteiger partial charge is 0.0328 e. The Labute approximate surface area is 130 Å². The van der Waals surface area contributed by atoms with Gasteiger partial charge in [0.2, 0.25) is 0 Å². The number of benzene rings is 1. The Morgan fingerprint density at radius 2 is 1.62 bits per heavy atom. The van der Waals surface area contributed by atoms with Crippen LogP contribution in [0.5, 0.6) is 0 Å². The van der Waals surface area contributed by atoms with Crippen molar-refractivity contribution in [1.29, 1.82) is 0 Å². The lowest BCUT2D eigenvalue weighted by molar-refractivity contribution is 0.0958. The molecule has 1 atom stereocenters. The van der Waals surface area contributed by atoms with E-state index in [9.17, 15) is 0 Å². The van der Waals surface area contributed by atoms with E-state index in [1.54, 1.807) is 0 Å². The third kappa shape index (κ3) is 4.08. The Morgan fingerprint density at radius 1 is 1.05 bits per heavy atom. The van der Waals surface area contributed by atoms with Crippen LogP contribution in [0.3, 0.4) is 0 Å². The molecule has 0 aromatic heterocycles. The van der Waals surface area contributed by atoms with Crippen LogP contribution in [-0.4, -0.2) is 31.1 Å². The van der Waals surface area contributed by atoms with Crippen LogP contribution < -0.4 is 5.32 Å². The van der Waals surface area contributed by atoms with Crippen LogP contribution in [0.15, 0.2) is 18.2 Å². The van der Waals surface area contributed by atoms with Crippen LogP contribution in [0.2, 0.25) is 0 Å². The van der Waals surface area contributed by atoms with Crippen molar-refractivity contribution in [2.24, 2.45) is 0 Å². The van der Waals surface area contributed by atoms with E-state index in [0.717, 1.165) is 6.54 Å². The van der Waals surface area contributed by atoms with Crippen molar-refractivity contribution in [1.82, 2.24) is 10.2 Å². The highest BCUT2D eigenvalue weighted by Gasteiger charge is 2.34. The summed E-state index contributed by atoms with van der Waals surface area (Å²) in [6.45, 7) is 7.76. The average molecular weight is 288 g/mol. The SMILES string of the molecule is Cc1cc(C)cc(C(C)NCC2(N(C)C)CCCCC2)c1. The molecule has 2 rings (SSSR count). The van der Waals surface area contributed by atoms with Crippen LogP contribution in [0.4, 0.5) is 0 Å². The van der Waals surface area contributed by atoms with Gasteiger partial charge in [-0.3, -0.25) is 0 Å². The number of nitrogens with zero attached hydrogens (tertiary/aromatic N) is 1. The molecule has 0 radical (unpaired) electrons. The minimum Gasteiger partial charge on any atom is -0.308 e. The Bertz CT molecular complexity index is 438. The molecule has 21 heavy (non-hydrogen) atoms. The average Bonchev–Trinajstić information content (AvgIpc) is 2.44. The summed E-state index contributed by atoms with van der Waals surface area (Å²) in [4.78, 5) is 2.45. The Balaban J connectivity index is 2.03. The minimum atomic E-state index is 0.353. The van der Waals surface area contributed by atoms with E-state index in [1.165, 1.54) is 48.8 Å². The van der Waals surface area contributed by atoms with Gasteiger partial charge in [-0.15, -0.1) is 0 Å². The van der Waals surface area contributed by atoms with E-state index in [-0.39, 0.29) is 0 Å². The van der Waals surface area contributed by atoms with E-state index in [4.69, 9.17) is 0 Å². The summed E-state index contributed by atoms with van der Waals surface area (Å²) < 4.78 is 0. The van der Waals surface area contributed by atoms with Crippen LogP contribution in [0, 0.1) is 13.8 Å². The molecule has 0 amide bonds. The molecule has 1 aromatic carbocycles. The molecule has 1 aromatic rings. The van der Waals surface area contributed by atoms with Crippen molar-refractivity contribution < 1.29 is 0 Å². The summed E-state index contributed by atoms with van der Waals surface area (Å²) in [7, 11) is 4.49. The molecular formula is C19H32N2. The van der Waals surface area contributed by atoms with Crippen molar-refractivity contribution in [2.45, 2.75) is 64.5 Å². The maximum Gasteiger partial charge on any atom is 0.0328 e. The van der Waals surface area contributed by atoms with Gasteiger partial charge in [0, 0.05) is 18.1 Å². The van der Waals surface area contributed by atoms with Crippen LogP contribution in [0.1, 0.15) is 61.8 Å². The monoisotopic (exact) mass is 288 g/mol. The van der Waals surface area contributed by atoms with Gasteiger partial charge in [0.05, 0.1) is 0 Å². The Hall–Kier alpha value is -0.860. The zero-order valence-corrected chi connectivity index (χ0v) is 14.5. The van der Waals surface area contributed by atoms with Gasteiger partial charge in [-0.2, -0.15) is 0 Å². The summed E-state index contributed by atoms with van der Waals surface area (Å²) in [6.07, 6.45) is 6.80. The number of hydrogen-bond donors (Lipinski definition) is 1. The second kappa shape index (κ2) is 6.93. The zero-order chi connectivity index (χ0) is 15.5. The molecule has 0 heterocycles. The summed E-state index contributed by atoms with van der Waals surface area (Å²) in [5.41, 5.74) is 4.49. The topological polar surface area (TPSA) is 15.3 Å². The summed E-state index contributed by atoms with van der Waals surface area (Å²) in [5, 5.41) is 3.80. The van der Waals surface area contributed by atoms with Crippen molar-refractivity contribution in [3.63, 3.8) is 0 Å². The van der Waals surface area contributed by atoms with Gasteiger partial charge in [0.25, 0.3) is 0 Å². The first kappa shape index (κ1) is 16.5. The normalized spacial score (nSPS) is 19.7. The summed E-state index contributed by atoms with van der Waals surface area (Å²) in [6, 6.07) is 7.29. The molecule has 1 N–H and O–H groups in total. The fraction of sp³-hybridized carbons (Fsp3) is 0.684. The molecule has 2 heteroatoms. The molecule has 1 aliphatic carbocycles. The minimum absolute atomic E-state index is 0.353. The fourth-order valence-corrected chi connectivity index (χ4v) is 3.71. The molecule has 0 aliphatic heterocycles. The Morgan fingerprint density at radius 3 is 2.14 bits per heavy atom. The lowest BCUT2D eigenvalue weighted by Crippen LogP contribution is -2.53. The van der Waals surface area contributed by atoms with Crippen molar-refractivity contribution in [3.8, 4) is 0 Å². The molecule has 1 saturated carbocycles. The second-order valence-corrected chi connectivity index (χ2v) is 7.20. The lowest BCUT2D eigenvalue weighted by Gasteiger charge is -2.44. The lowest BCUT2D eigenvalue weighted by atomic mass is 9.80. The van der Waals surface area contributed by atoms with Crippen molar-refractivity contribution in [3.05, 3.63) is 34.9 Å². The number of nitrogens with one attached hydrogen (secondary N) is 1. The van der Waals surface area contributed by atoms with Gasteiger partial charge in [-0.05, 0) is 53.3 Å². The van der Waals surface area contributed by atoms with Gasteiger partial charge in [0.15, 0.2) is 0 Å². The highest BCUT2D eigenvalue weighted by molar-refractivity contribution is 5.30. The van der Waals surface area contributed by atoms with Gasteiger partial charge in [-0.1, -0.05) is 48.6 Å². The number of aryl methyl sites for hydroxylation is 2. The maximum absolute atomic E-state index is 3.80. The quantitative estimate of drug-likeness (QED) is 0.872. The first-order chi connectivity index (χ1) is 9.93. The zero-order valence-electron chi connectivity index (χ0n) is 14.5. The predicted octanol–water partition coefficient (Wildman–Crippen LogP) is 4.22. The molecule has 0 spiro atoms. The van der Waals surface area contributed by atoms with E-state index < -0.39 is 0 Å². The van der Waals surface area contributed by atoms with E-state index in [0.29, 0.717) is 11.6 Å². The first-order valence-electron chi connectivity index (χ1n) is 8.42. The molecule has 0 bridgehead atoms. The van der Waals surface area contributed by atoms with Gasteiger partial charge >= 0.3 is 0 Å². The molecule has 1 aliphatic rings. The van der Waals surface area contributed by atoms with Crippen LogP contribution in [0.25, 0.3) is 0 Å². The highest BCUT2D eigenvalue weighted by atomic mass is 15.2. The van der Waals surface area contributed by atoms with Crippen LogP contribution in [-0.2, 0) is 0 Å². The third-order valence-corrected chi connectivity index (χ3v) is 5.21. The highest BCUT2D eigenvalue weighted by Crippen LogP contribution is 2.32. The molecule has 2 nitrogen and oxygen atoms in total. The second-order valence-electron chi connectivity index (χ2n) is 7.20. The standard InChI is InChI=1S/C19H32N2/c1-15-11-16(2)13-18(12-15)17(3)20-14-19(21(4)5)9-7-6-8-10-19/h11-13,17,20H,6-10,14H2,1-5H3. The number of rotatable bonds is 5. The molecule has 1 fully saturated rings. The fourth-order valence-electron chi connectivity index (χ4n) is 3.71. The number of hydrogen-bond acceptors (Lipinski definition) is 2. The van der Waals surface area contributed by atoms with Crippen molar-refractivity contribution in [2.75, 3.05) is 20.6 Å². The molecular weight excluding hydrogens is 256 g/mol. The largest absolute Gasteiger partial charge is 0.308 e. The third-order valence-electron chi connectivity index (χ3n) is 5.21. The van der Waals surface area contributed by atoms with Crippen LogP contribution >= 0.6 is 0 Å². The summed E-state index contributed by atoms with van der Waals surface area (Å²) >= 11 is 0. The maximum atomic E-state index is 3.80. The summed E-state index contributed by atoms with van der Waals surface area (Å²) in [5.74, 6) is 0. The molecule has 1 unspecified atom stereocenters. The van der Waals surface area contributed by atoms with Gasteiger partial charge in [-0.25, -0.2) is 0 Å². The first-order valence-corrected chi connectivity index (χ1v) is 8.42. The Kier molecular flexibility index (Phi) is 5.45. The van der Waals surface area contributed by atoms with Gasteiger partial charge in [0.1, 0.15) is 0 Å². The molecule has 0 saturated heterocycles. The van der Waals surface area contributed by atoms with Crippen molar-refractivity contribution >= 4 is 0 Å². The van der Waals surface area contributed by atoms with E-state index in [2.05, 4.69) is 63.3 Å². The predicted molar refractivity (Wildman–Crippen MR) is 91.8 cm³/mol. The number of likely N-dealkylation sites (N-methyl/N-ethyl adjacent to an activating group) is 1. The molecule has 118 valence electrons.